The van der Waals surface area contributed by atoms with Crippen molar-refractivity contribution in [3.05, 3.63) is 89.5 Å². The summed E-state index contributed by atoms with van der Waals surface area (Å²) < 4.78 is 0. The second kappa shape index (κ2) is 17.1. The van der Waals surface area contributed by atoms with Crippen LogP contribution >= 0.6 is 11.6 Å². The van der Waals surface area contributed by atoms with Crippen molar-refractivity contribution in [3.8, 4) is 11.5 Å². The van der Waals surface area contributed by atoms with Gasteiger partial charge in [-0.3, -0.25) is 0 Å². The highest BCUT2D eigenvalue weighted by Crippen LogP contribution is 2.35. The van der Waals surface area contributed by atoms with Crippen LogP contribution in [-0.4, -0.2) is 10.2 Å². The van der Waals surface area contributed by atoms with Crippen molar-refractivity contribution in [1.82, 2.24) is 0 Å². The van der Waals surface area contributed by atoms with E-state index in [1.165, 1.54) is 11.6 Å². The number of phenols is 2. The number of hydrogen-bond acceptors (Lipinski definition) is 3. The van der Waals surface area contributed by atoms with Crippen molar-refractivity contribution in [2.24, 2.45) is 0 Å². The molecule has 0 aromatic heterocycles. The third kappa shape index (κ3) is 10.8. The molecule has 0 fully saturated rings. The van der Waals surface area contributed by atoms with Crippen LogP contribution in [0.3, 0.4) is 0 Å². The summed E-state index contributed by atoms with van der Waals surface area (Å²) in [6.45, 7) is 12.6. The van der Waals surface area contributed by atoms with Gasteiger partial charge < -0.3 is 15.5 Å². The van der Waals surface area contributed by atoms with Crippen molar-refractivity contribution in [2.45, 2.75) is 59.9 Å². The van der Waals surface area contributed by atoms with Crippen LogP contribution in [0, 0.1) is 0 Å². The predicted octanol–water partition coefficient (Wildman–Crippen LogP) is 8.31. The number of anilines is 1. The van der Waals surface area contributed by atoms with Crippen LogP contribution in [-0.2, 0) is 12.4 Å². The molecular weight excluding hydrogens is 406 g/mol. The zero-order valence-electron chi connectivity index (χ0n) is 19.7. The van der Waals surface area contributed by atoms with Crippen LogP contribution in [0.25, 0.3) is 0 Å². The fraction of sp³-hybridized carbons (Fsp3) is 0.333. The minimum Gasteiger partial charge on any atom is -0.508 e. The van der Waals surface area contributed by atoms with Crippen molar-refractivity contribution in [3.63, 3.8) is 0 Å². The Morgan fingerprint density at radius 1 is 0.742 bits per heavy atom. The Balaban J connectivity index is 0.000000625. The third-order valence-electron chi connectivity index (χ3n) is 4.09. The Bertz CT molecular complexity index is 821. The van der Waals surface area contributed by atoms with Crippen LogP contribution < -0.4 is 5.32 Å². The molecule has 31 heavy (non-hydrogen) atoms. The first-order valence-electron chi connectivity index (χ1n) is 10.9. The zero-order chi connectivity index (χ0) is 23.6. The molecule has 170 valence electrons. The van der Waals surface area contributed by atoms with E-state index < -0.39 is 0 Å². The summed E-state index contributed by atoms with van der Waals surface area (Å²) in [5, 5.41) is 22.8. The number of alkyl halides is 1. The van der Waals surface area contributed by atoms with Gasteiger partial charge in [0.05, 0.1) is 5.69 Å². The first-order chi connectivity index (χ1) is 15.0. The van der Waals surface area contributed by atoms with Gasteiger partial charge in [0.25, 0.3) is 0 Å². The third-order valence-corrected chi connectivity index (χ3v) is 4.40. The van der Waals surface area contributed by atoms with E-state index in [1.54, 1.807) is 6.07 Å². The van der Waals surface area contributed by atoms with Gasteiger partial charge in [-0.2, -0.15) is 0 Å². The van der Waals surface area contributed by atoms with E-state index in [-0.39, 0.29) is 17.4 Å². The molecule has 0 spiro atoms. The zero-order valence-corrected chi connectivity index (χ0v) is 20.4. The number of nitrogens with one attached hydrogen (secondary N) is 1. The second-order valence-electron chi connectivity index (χ2n) is 6.54. The highest BCUT2D eigenvalue weighted by molar-refractivity contribution is 6.17. The Hall–Kier alpha value is -2.65. The van der Waals surface area contributed by atoms with Crippen molar-refractivity contribution >= 4 is 17.3 Å². The second-order valence-corrected chi connectivity index (χ2v) is 6.81. The van der Waals surface area contributed by atoms with E-state index in [4.69, 9.17) is 11.6 Å². The fourth-order valence-corrected chi connectivity index (χ4v) is 2.74. The predicted molar refractivity (Wildman–Crippen MR) is 136 cm³/mol. The van der Waals surface area contributed by atoms with Crippen LogP contribution in [0.1, 0.15) is 64.2 Å². The largest absolute Gasteiger partial charge is 0.508 e. The van der Waals surface area contributed by atoms with Crippen molar-refractivity contribution in [1.29, 1.82) is 0 Å². The maximum Gasteiger partial charge on any atom is 0.142 e. The molecule has 0 bridgehead atoms. The Morgan fingerprint density at radius 3 is 1.65 bits per heavy atom. The first-order valence-corrected chi connectivity index (χ1v) is 11.5. The van der Waals surface area contributed by atoms with E-state index in [0.29, 0.717) is 18.1 Å². The lowest BCUT2D eigenvalue weighted by molar-refractivity contribution is 0.445. The monoisotopic (exact) mass is 443 g/mol. The normalized spacial score (nSPS) is 9.29. The topological polar surface area (TPSA) is 52.5 Å². The Morgan fingerprint density at radius 2 is 1.23 bits per heavy atom. The standard InChI is InChI=1S/C16H19NO2.C7H7Cl.2C2H6/c1-11(2)13-8-14(16(19)9-15(13)18)17-10-12-6-4-3-5-7-12;8-6-7-4-2-1-3-5-7;2*1-2/h3-9,11,17-19H,10H2,1-2H3;1-5H,6H2;2*1-2H3. The van der Waals surface area contributed by atoms with E-state index in [0.717, 1.165) is 11.1 Å². The van der Waals surface area contributed by atoms with Gasteiger partial charge in [-0.15, -0.1) is 11.6 Å². The van der Waals surface area contributed by atoms with E-state index in [1.807, 2.05) is 102 Å². The van der Waals surface area contributed by atoms with Gasteiger partial charge in [0.2, 0.25) is 0 Å². The SMILES string of the molecule is CC.CC.CC(C)c1cc(NCc2ccccc2)c(O)cc1O.ClCc1ccccc1. The van der Waals surface area contributed by atoms with E-state index >= 15 is 0 Å². The molecule has 0 unspecified atom stereocenters. The molecule has 3 aromatic carbocycles. The molecule has 3 N–H and O–H groups in total. The molecule has 0 saturated carbocycles. The molecule has 4 heteroatoms. The van der Waals surface area contributed by atoms with Crippen LogP contribution in [0.2, 0.25) is 0 Å². The molecule has 3 rings (SSSR count). The summed E-state index contributed by atoms with van der Waals surface area (Å²) in [5.41, 5.74) is 3.79. The van der Waals surface area contributed by atoms with E-state index in [2.05, 4.69) is 5.32 Å². The summed E-state index contributed by atoms with van der Waals surface area (Å²) in [4.78, 5) is 0. The minimum absolute atomic E-state index is 0.0674. The molecule has 0 aliphatic rings. The van der Waals surface area contributed by atoms with Gasteiger partial charge in [-0.25, -0.2) is 0 Å². The number of hydrogen-bond donors (Lipinski definition) is 3. The van der Waals surface area contributed by atoms with Crippen LogP contribution in [0.15, 0.2) is 72.8 Å². The lowest BCUT2D eigenvalue weighted by atomic mass is 10.0. The number of phenolic OH excluding ortho intramolecular Hbond substituents is 2. The molecule has 3 aromatic rings. The number of aromatic hydroxyl groups is 2. The van der Waals surface area contributed by atoms with Crippen LogP contribution in [0.4, 0.5) is 5.69 Å². The lowest BCUT2D eigenvalue weighted by Crippen LogP contribution is -2.00. The highest BCUT2D eigenvalue weighted by Gasteiger charge is 2.11. The molecule has 3 nitrogen and oxygen atoms in total. The number of halogens is 1. The minimum atomic E-state index is 0.0674. The molecule has 0 aliphatic carbocycles. The summed E-state index contributed by atoms with van der Waals surface area (Å²) in [5.74, 6) is 1.02. The maximum absolute atomic E-state index is 9.85. The molecule has 0 heterocycles. The lowest BCUT2D eigenvalue weighted by Gasteiger charge is -2.14. The average molecular weight is 444 g/mol. The summed E-state index contributed by atoms with van der Waals surface area (Å²) >= 11 is 5.53. The molecular formula is C27H38ClNO2. The molecule has 0 atom stereocenters. The van der Waals surface area contributed by atoms with Crippen LogP contribution in [0.5, 0.6) is 11.5 Å². The summed E-state index contributed by atoms with van der Waals surface area (Å²) in [6, 6.07) is 23.1. The highest BCUT2D eigenvalue weighted by atomic mass is 35.5. The Kier molecular flexibility index (Phi) is 15.6. The first kappa shape index (κ1) is 28.4. The van der Waals surface area contributed by atoms with Gasteiger partial charge in [0.1, 0.15) is 11.5 Å². The van der Waals surface area contributed by atoms with Gasteiger partial charge in [-0.1, -0.05) is 102 Å². The number of benzene rings is 3. The van der Waals surface area contributed by atoms with Gasteiger partial charge in [0.15, 0.2) is 0 Å². The number of rotatable bonds is 5. The summed E-state index contributed by atoms with van der Waals surface area (Å²) in [7, 11) is 0. The van der Waals surface area contributed by atoms with Crippen molar-refractivity contribution < 1.29 is 10.2 Å². The van der Waals surface area contributed by atoms with Gasteiger partial charge in [0, 0.05) is 18.5 Å². The van der Waals surface area contributed by atoms with Gasteiger partial charge >= 0.3 is 0 Å². The maximum atomic E-state index is 9.85. The summed E-state index contributed by atoms with van der Waals surface area (Å²) in [6.07, 6.45) is 0. The molecule has 0 aliphatic heterocycles. The smallest absolute Gasteiger partial charge is 0.142 e. The quantitative estimate of drug-likeness (QED) is 0.211. The van der Waals surface area contributed by atoms with Gasteiger partial charge in [-0.05, 0) is 28.7 Å². The fourth-order valence-electron chi connectivity index (χ4n) is 2.56. The Labute approximate surface area is 193 Å². The molecule has 0 amide bonds. The van der Waals surface area contributed by atoms with E-state index in [9.17, 15) is 10.2 Å². The molecule has 0 saturated heterocycles. The average Bonchev–Trinajstić information content (AvgIpc) is 2.82. The van der Waals surface area contributed by atoms with Crippen molar-refractivity contribution in [2.75, 3.05) is 5.32 Å². The molecule has 0 radical (unpaired) electrons.